The number of aryl methyl sites for hydroxylation is 1. The topological polar surface area (TPSA) is 42.9 Å². The number of carbonyl (C=O) groups excluding carboxylic acids is 1. The Bertz CT molecular complexity index is 733. The Morgan fingerprint density at radius 3 is 2.40 bits per heavy atom. The van der Waals surface area contributed by atoms with Gasteiger partial charge in [0.05, 0.1) is 0 Å². The first-order valence-corrected chi connectivity index (χ1v) is 7.02. The molecule has 1 aromatic heterocycles. The molecular weight excluding hydrogens is 268 g/mol. The van der Waals surface area contributed by atoms with Crippen molar-refractivity contribution in [1.29, 1.82) is 0 Å². The first-order chi connectivity index (χ1) is 9.74. The van der Waals surface area contributed by atoms with Crippen LogP contribution < -0.4 is 0 Å². The third kappa shape index (κ3) is 2.51. The summed E-state index contributed by atoms with van der Waals surface area (Å²) in [4.78, 5) is 16.6. The highest BCUT2D eigenvalue weighted by molar-refractivity contribution is 7.08. The Morgan fingerprint density at radius 2 is 1.70 bits per heavy atom. The van der Waals surface area contributed by atoms with Crippen LogP contribution >= 0.6 is 11.5 Å². The quantitative estimate of drug-likeness (QED) is 0.686. The molecule has 0 saturated heterocycles. The summed E-state index contributed by atoms with van der Waals surface area (Å²) in [6.45, 7) is 1.99. The molecule has 0 atom stereocenters. The standard InChI is InChI=1S/C16H12N2OS/c1-11-7-9-12(10-8-11)14(19)16-17-15(18-20-16)13-5-3-2-4-6-13/h2-10H,1H3. The second-order valence-electron chi connectivity index (χ2n) is 4.48. The molecule has 0 aliphatic heterocycles. The second kappa shape index (κ2) is 5.35. The molecule has 98 valence electrons. The minimum atomic E-state index is -0.0790. The lowest BCUT2D eigenvalue weighted by Gasteiger charge is -1.97. The summed E-state index contributed by atoms with van der Waals surface area (Å²) in [6, 6.07) is 17.1. The van der Waals surface area contributed by atoms with Crippen molar-refractivity contribution in [2.75, 3.05) is 0 Å². The van der Waals surface area contributed by atoms with Crippen LogP contribution in [0, 0.1) is 6.92 Å². The summed E-state index contributed by atoms with van der Waals surface area (Å²) in [5.41, 5.74) is 2.70. The molecule has 0 radical (unpaired) electrons. The van der Waals surface area contributed by atoms with Crippen LogP contribution in [0.4, 0.5) is 0 Å². The first kappa shape index (κ1) is 12.7. The van der Waals surface area contributed by atoms with E-state index in [4.69, 9.17) is 0 Å². The van der Waals surface area contributed by atoms with Crippen LogP contribution in [0.3, 0.4) is 0 Å². The van der Waals surface area contributed by atoms with E-state index in [1.54, 1.807) is 0 Å². The van der Waals surface area contributed by atoms with Crippen LogP contribution in [0.5, 0.6) is 0 Å². The number of nitrogens with zero attached hydrogens (tertiary/aromatic N) is 2. The largest absolute Gasteiger partial charge is 0.286 e. The van der Waals surface area contributed by atoms with Crippen molar-refractivity contribution < 1.29 is 4.79 Å². The zero-order valence-corrected chi connectivity index (χ0v) is 11.7. The Balaban J connectivity index is 1.90. The van der Waals surface area contributed by atoms with E-state index in [2.05, 4.69) is 9.36 Å². The third-order valence-corrected chi connectivity index (χ3v) is 3.68. The number of carbonyl (C=O) groups is 1. The normalized spacial score (nSPS) is 10.4. The second-order valence-corrected chi connectivity index (χ2v) is 5.24. The molecule has 1 heterocycles. The van der Waals surface area contributed by atoms with E-state index < -0.39 is 0 Å². The van der Waals surface area contributed by atoms with Gasteiger partial charge in [-0.1, -0.05) is 60.2 Å². The zero-order chi connectivity index (χ0) is 13.9. The fourth-order valence-electron chi connectivity index (χ4n) is 1.85. The van der Waals surface area contributed by atoms with Gasteiger partial charge in [0.15, 0.2) is 10.8 Å². The van der Waals surface area contributed by atoms with Gasteiger partial charge in [-0.2, -0.15) is 4.37 Å². The van der Waals surface area contributed by atoms with Gasteiger partial charge in [-0.05, 0) is 18.5 Å². The lowest BCUT2D eigenvalue weighted by atomic mass is 10.1. The highest BCUT2D eigenvalue weighted by Crippen LogP contribution is 2.19. The van der Waals surface area contributed by atoms with Crippen molar-refractivity contribution in [2.24, 2.45) is 0 Å². The van der Waals surface area contributed by atoms with Crippen molar-refractivity contribution >= 4 is 17.3 Å². The summed E-state index contributed by atoms with van der Waals surface area (Å²) in [5.74, 6) is 0.524. The molecule has 2 aromatic carbocycles. The number of hydrogen-bond donors (Lipinski definition) is 0. The fraction of sp³-hybridized carbons (Fsp3) is 0.0625. The van der Waals surface area contributed by atoms with E-state index in [-0.39, 0.29) is 5.78 Å². The molecule has 0 fully saturated rings. The van der Waals surface area contributed by atoms with E-state index in [1.807, 2.05) is 61.5 Å². The van der Waals surface area contributed by atoms with Crippen molar-refractivity contribution in [3.63, 3.8) is 0 Å². The molecule has 3 aromatic rings. The van der Waals surface area contributed by atoms with E-state index in [9.17, 15) is 4.79 Å². The SMILES string of the molecule is Cc1ccc(C(=O)c2nc(-c3ccccc3)ns2)cc1. The maximum absolute atomic E-state index is 12.3. The van der Waals surface area contributed by atoms with Gasteiger partial charge in [0.1, 0.15) is 0 Å². The van der Waals surface area contributed by atoms with Gasteiger partial charge in [-0.25, -0.2) is 4.98 Å². The molecule has 3 rings (SSSR count). The van der Waals surface area contributed by atoms with Crippen LogP contribution in [0.2, 0.25) is 0 Å². The van der Waals surface area contributed by atoms with Gasteiger partial charge < -0.3 is 0 Å². The molecule has 4 heteroatoms. The maximum Gasteiger partial charge on any atom is 0.223 e. The molecule has 0 aliphatic carbocycles. The van der Waals surface area contributed by atoms with Crippen LogP contribution in [0.25, 0.3) is 11.4 Å². The Hall–Kier alpha value is -2.33. The minimum absolute atomic E-state index is 0.0790. The van der Waals surface area contributed by atoms with Gasteiger partial charge in [0.2, 0.25) is 5.78 Å². The van der Waals surface area contributed by atoms with E-state index in [0.29, 0.717) is 16.4 Å². The predicted molar refractivity (Wildman–Crippen MR) is 80.0 cm³/mol. The Kier molecular flexibility index (Phi) is 3.39. The van der Waals surface area contributed by atoms with Gasteiger partial charge in [-0.3, -0.25) is 4.79 Å². The number of ketones is 1. The fourth-order valence-corrected chi connectivity index (χ4v) is 2.50. The van der Waals surface area contributed by atoms with Crippen LogP contribution in [0.1, 0.15) is 20.9 Å². The average molecular weight is 280 g/mol. The van der Waals surface area contributed by atoms with Crippen LogP contribution in [-0.2, 0) is 0 Å². The first-order valence-electron chi connectivity index (χ1n) is 6.24. The van der Waals surface area contributed by atoms with Gasteiger partial charge in [0, 0.05) is 11.1 Å². The van der Waals surface area contributed by atoms with Crippen LogP contribution in [0.15, 0.2) is 54.6 Å². The average Bonchev–Trinajstić information content (AvgIpc) is 2.98. The van der Waals surface area contributed by atoms with Gasteiger partial charge in [0.25, 0.3) is 0 Å². The summed E-state index contributed by atoms with van der Waals surface area (Å²) >= 11 is 1.14. The lowest BCUT2D eigenvalue weighted by Crippen LogP contribution is -2.00. The van der Waals surface area contributed by atoms with Crippen molar-refractivity contribution in [3.8, 4) is 11.4 Å². The minimum Gasteiger partial charge on any atom is -0.286 e. The number of benzene rings is 2. The molecule has 0 aliphatic rings. The van der Waals surface area contributed by atoms with E-state index >= 15 is 0 Å². The van der Waals surface area contributed by atoms with Crippen molar-refractivity contribution in [2.45, 2.75) is 6.92 Å². The monoisotopic (exact) mass is 280 g/mol. The number of hydrogen-bond acceptors (Lipinski definition) is 4. The molecule has 3 nitrogen and oxygen atoms in total. The number of rotatable bonds is 3. The Labute approximate surface area is 121 Å². The molecule has 0 saturated carbocycles. The van der Waals surface area contributed by atoms with Crippen LogP contribution in [-0.4, -0.2) is 15.1 Å². The summed E-state index contributed by atoms with van der Waals surface area (Å²) in [5, 5.41) is 0.424. The molecule has 0 spiro atoms. The molecular formula is C16H12N2OS. The van der Waals surface area contributed by atoms with Crippen molar-refractivity contribution in [3.05, 3.63) is 70.7 Å². The van der Waals surface area contributed by atoms with Gasteiger partial charge in [-0.15, -0.1) is 0 Å². The molecule has 20 heavy (non-hydrogen) atoms. The van der Waals surface area contributed by atoms with E-state index in [1.165, 1.54) is 0 Å². The third-order valence-electron chi connectivity index (χ3n) is 2.97. The van der Waals surface area contributed by atoms with Gasteiger partial charge >= 0.3 is 0 Å². The van der Waals surface area contributed by atoms with Crippen molar-refractivity contribution in [1.82, 2.24) is 9.36 Å². The summed E-state index contributed by atoms with van der Waals surface area (Å²) in [6.07, 6.45) is 0. The Morgan fingerprint density at radius 1 is 1.00 bits per heavy atom. The predicted octanol–water partition coefficient (Wildman–Crippen LogP) is 3.74. The highest BCUT2D eigenvalue weighted by Gasteiger charge is 2.15. The van der Waals surface area contributed by atoms with E-state index in [0.717, 1.165) is 22.7 Å². The molecule has 0 bridgehead atoms. The maximum atomic E-state index is 12.3. The number of aromatic nitrogens is 2. The molecule has 0 amide bonds. The summed E-state index contributed by atoms with van der Waals surface area (Å²) < 4.78 is 4.26. The molecule has 0 N–H and O–H groups in total. The highest BCUT2D eigenvalue weighted by atomic mass is 32.1. The smallest absolute Gasteiger partial charge is 0.223 e. The zero-order valence-electron chi connectivity index (χ0n) is 10.9. The molecule has 0 unspecified atom stereocenters. The summed E-state index contributed by atoms with van der Waals surface area (Å²) in [7, 11) is 0. The lowest BCUT2D eigenvalue weighted by molar-refractivity contribution is 0.103.